The van der Waals surface area contributed by atoms with Gasteiger partial charge in [-0.15, -0.1) is 0 Å². The zero-order chi connectivity index (χ0) is 15.3. The SMILES string of the molecule is O=C(Cc1ccccc1)N(CC(F)(F)F)C1CCOCC1. The molecular formula is C15H18F3NO2. The van der Waals surface area contributed by atoms with Gasteiger partial charge in [-0.2, -0.15) is 13.2 Å². The first-order valence-corrected chi connectivity index (χ1v) is 6.93. The van der Waals surface area contributed by atoms with Gasteiger partial charge in [0.1, 0.15) is 6.54 Å². The van der Waals surface area contributed by atoms with Gasteiger partial charge in [0.15, 0.2) is 0 Å². The number of ether oxygens (including phenoxy) is 1. The quantitative estimate of drug-likeness (QED) is 0.856. The van der Waals surface area contributed by atoms with Gasteiger partial charge in [0, 0.05) is 19.3 Å². The molecule has 0 unspecified atom stereocenters. The van der Waals surface area contributed by atoms with Gasteiger partial charge in [-0.1, -0.05) is 30.3 Å². The molecule has 0 atom stereocenters. The minimum Gasteiger partial charge on any atom is -0.381 e. The van der Waals surface area contributed by atoms with E-state index in [9.17, 15) is 18.0 Å². The van der Waals surface area contributed by atoms with Gasteiger partial charge in [0.2, 0.25) is 5.91 Å². The molecule has 3 nitrogen and oxygen atoms in total. The molecule has 0 spiro atoms. The van der Waals surface area contributed by atoms with Crippen LogP contribution >= 0.6 is 0 Å². The number of carbonyl (C=O) groups excluding carboxylic acids is 1. The number of hydrogen-bond donors (Lipinski definition) is 0. The van der Waals surface area contributed by atoms with E-state index in [4.69, 9.17) is 4.74 Å². The van der Waals surface area contributed by atoms with E-state index in [-0.39, 0.29) is 6.42 Å². The van der Waals surface area contributed by atoms with Gasteiger partial charge in [-0.3, -0.25) is 4.79 Å². The average Bonchev–Trinajstić information content (AvgIpc) is 2.46. The Balaban J connectivity index is 2.08. The molecule has 1 fully saturated rings. The summed E-state index contributed by atoms with van der Waals surface area (Å²) in [4.78, 5) is 13.2. The number of nitrogens with zero attached hydrogens (tertiary/aromatic N) is 1. The predicted octanol–water partition coefficient (Wildman–Crippen LogP) is 2.80. The fourth-order valence-electron chi connectivity index (χ4n) is 2.48. The minimum atomic E-state index is -4.38. The first-order chi connectivity index (χ1) is 9.96. The van der Waals surface area contributed by atoms with Crippen LogP contribution in [0.3, 0.4) is 0 Å². The second kappa shape index (κ2) is 6.93. The second-order valence-corrected chi connectivity index (χ2v) is 5.14. The maximum atomic E-state index is 12.7. The van der Waals surface area contributed by atoms with E-state index in [1.54, 1.807) is 30.3 Å². The van der Waals surface area contributed by atoms with Crippen LogP contribution in [0.15, 0.2) is 30.3 Å². The molecule has 1 aliphatic heterocycles. The van der Waals surface area contributed by atoms with E-state index < -0.39 is 24.7 Å². The van der Waals surface area contributed by atoms with E-state index >= 15 is 0 Å². The molecule has 0 aliphatic carbocycles. The van der Waals surface area contributed by atoms with Crippen molar-refractivity contribution in [3.8, 4) is 0 Å². The summed E-state index contributed by atoms with van der Waals surface area (Å²) in [5, 5.41) is 0. The second-order valence-electron chi connectivity index (χ2n) is 5.14. The highest BCUT2D eigenvalue weighted by Gasteiger charge is 2.36. The van der Waals surface area contributed by atoms with Crippen molar-refractivity contribution in [1.29, 1.82) is 0 Å². The molecule has 1 aliphatic rings. The summed E-state index contributed by atoms with van der Waals surface area (Å²) < 4.78 is 43.4. The molecule has 0 bridgehead atoms. The molecule has 2 rings (SSSR count). The number of amides is 1. The van der Waals surface area contributed by atoms with Crippen LogP contribution in [0.2, 0.25) is 0 Å². The van der Waals surface area contributed by atoms with Crippen molar-refractivity contribution >= 4 is 5.91 Å². The number of carbonyl (C=O) groups is 1. The maximum absolute atomic E-state index is 12.7. The van der Waals surface area contributed by atoms with E-state index in [1.807, 2.05) is 0 Å². The Labute approximate surface area is 121 Å². The Morgan fingerprint density at radius 2 is 1.81 bits per heavy atom. The lowest BCUT2D eigenvalue weighted by Crippen LogP contribution is -2.48. The van der Waals surface area contributed by atoms with Gasteiger partial charge in [0.25, 0.3) is 0 Å². The normalized spacial score (nSPS) is 16.7. The topological polar surface area (TPSA) is 29.5 Å². The highest BCUT2D eigenvalue weighted by Crippen LogP contribution is 2.23. The van der Waals surface area contributed by atoms with Crippen molar-refractivity contribution in [2.45, 2.75) is 31.5 Å². The van der Waals surface area contributed by atoms with Crippen LogP contribution in [-0.2, 0) is 16.0 Å². The Morgan fingerprint density at radius 3 is 2.38 bits per heavy atom. The third-order valence-electron chi connectivity index (χ3n) is 3.50. The third kappa shape index (κ3) is 5.04. The van der Waals surface area contributed by atoms with E-state index in [0.717, 1.165) is 10.5 Å². The first kappa shape index (κ1) is 15.8. The van der Waals surface area contributed by atoms with Gasteiger partial charge >= 0.3 is 6.18 Å². The van der Waals surface area contributed by atoms with Crippen molar-refractivity contribution in [1.82, 2.24) is 4.90 Å². The van der Waals surface area contributed by atoms with Crippen LogP contribution in [0.4, 0.5) is 13.2 Å². The monoisotopic (exact) mass is 301 g/mol. The third-order valence-corrected chi connectivity index (χ3v) is 3.50. The van der Waals surface area contributed by atoms with Gasteiger partial charge < -0.3 is 9.64 Å². The standard InChI is InChI=1S/C15H18F3NO2/c16-15(17,18)11-19(13-6-8-21-9-7-13)14(20)10-12-4-2-1-3-5-12/h1-5,13H,6-11H2. The van der Waals surface area contributed by atoms with E-state index in [1.165, 1.54) is 0 Å². The Morgan fingerprint density at radius 1 is 1.19 bits per heavy atom. The molecule has 0 N–H and O–H groups in total. The molecule has 6 heteroatoms. The molecule has 1 saturated heterocycles. The van der Waals surface area contributed by atoms with Crippen LogP contribution in [0.5, 0.6) is 0 Å². The summed E-state index contributed by atoms with van der Waals surface area (Å²) in [5.41, 5.74) is 0.724. The molecule has 1 aromatic rings. The van der Waals surface area contributed by atoms with Gasteiger partial charge in [0.05, 0.1) is 6.42 Å². The summed E-state index contributed by atoms with van der Waals surface area (Å²) in [7, 11) is 0. The lowest BCUT2D eigenvalue weighted by Gasteiger charge is -2.35. The van der Waals surface area contributed by atoms with Crippen LogP contribution < -0.4 is 0 Å². The Kier molecular flexibility index (Phi) is 5.22. The highest BCUT2D eigenvalue weighted by molar-refractivity contribution is 5.79. The molecule has 0 radical (unpaired) electrons. The molecule has 1 aromatic carbocycles. The van der Waals surface area contributed by atoms with Gasteiger partial charge in [-0.05, 0) is 18.4 Å². The summed E-state index contributed by atoms with van der Waals surface area (Å²) in [6.07, 6.45) is -3.48. The number of benzene rings is 1. The molecule has 0 aromatic heterocycles. The fraction of sp³-hybridized carbons (Fsp3) is 0.533. The van der Waals surface area contributed by atoms with E-state index in [0.29, 0.717) is 26.1 Å². The largest absolute Gasteiger partial charge is 0.406 e. The van der Waals surface area contributed by atoms with Crippen LogP contribution in [0.1, 0.15) is 18.4 Å². The van der Waals surface area contributed by atoms with Gasteiger partial charge in [-0.25, -0.2) is 0 Å². The Hall–Kier alpha value is -1.56. The van der Waals surface area contributed by atoms with Crippen molar-refractivity contribution < 1.29 is 22.7 Å². The molecule has 21 heavy (non-hydrogen) atoms. The van der Waals surface area contributed by atoms with Crippen LogP contribution in [0.25, 0.3) is 0 Å². The highest BCUT2D eigenvalue weighted by atomic mass is 19.4. The lowest BCUT2D eigenvalue weighted by atomic mass is 10.0. The number of alkyl halides is 3. The number of halogens is 3. The van der Waals surface area contributed by atoms with Crippen LogP contribution in [-0.4, -0.2) is 42.8 Å². The average molecular weight is 301 g/mol. The Bertz CT molecular complexity index is 456. The molecule has 1 amide bonds. The molecule has 0 saturated carbocycles. The smallest absolute Gasteiger partial charge is 0.381 e. The zero-order valence-corrected chi connectivity index (χ0v) is 11.6. The molecule has 1 heterocycles. The summed E-state index contributed by atoms with van der Waals surface area (Å²) in [6, 6.07) is 8.44. The van der Waals surface area contributed by atoms with E-state index in [2.05, 4.69) is 0 Å². The minimum absolute atomic E-state index is 0.00568. The summed E-state index contributed by atoms with van der Waals surface area (Å²) >= 11 is 0. The van der Waals surface area contributed by atoms with Crippen molar-refractivity contribution in [2.24, 2.45) is 0 Å². The van der Waals surface area contributed by atoms with Crippen molar-refractivity contribution in [2.75, 3.05) is 19.8 Å². The molecular weight excluding hydrogens is 283 g/mol. The predicted molar refractivity (Wildman–Crippen MR) is 71.8 cm³/mol. The lowest BCUT2D eigenvalue weighted by molar-refractivity contribution is -0.168. The van der Waals surface area contributed by atoms with Crippen molar-refractivity contribution in [3.05, 3.63) is 35.9 Å². The zero-order valence-electron chi connectivity index (χ0n) is 11.6. The summed E-state index contributed by atoms with van der Waals surface area (Å²) in [5.74, 6) is -0.481. The molecule has 116 valence electrons. The first-order valence-electron chi connectivity index (χ1n) is 6.93. The number of rotatable bonds is 4. The maximum Gasteiger partial charge on any atom is 0.406 e. The van der Waals surface area contributed by atoms with Crippen LogP contribution in [0, 0.1) is 0 Å². The number of hydrogen-bond acceptors (Lipinski definition) is 2. The summed E-state index contributed by atoms with van der Waals surface area (Å²) in [6.45, 7) is -0.390. The van der Waals surface area contributed by atoms with Crippen molar-refractivity contribution in [3.63, 3.8) is 0 Å². The fourth-order valence-corrected chi connectivity index (χ4v) is 2.48.